The first-order chi connectivity index (χ1) is 12.0. The molecule has 1 saturated heterocycles. The van der Waals surface area contributed by atoms with Crippen molar-refractivity contribution in [1.29, 1.82) is 0 Å². The van der Waals surface area contributed by atoms with Gasteiger partial charge in [-0.25, -0.2) is 0 Å². The smallest absolute Gasteiger partial charge is 0.495 e. The van der Waals surface area contributed by atoms with Crippen molar-refractivity contribution in [3.05, 3.63) is 23.3 Å². The minimum absolute atomic E-state index is 0.362. The van der Waals surface area contributed by atoms with Crippen molar-refractivity contribution in [1.82, 2.24) is 0 Å². The van der Waals surface area contributed by atoms with Crippen LogP contribution in [0.15, 0.2) is 12.1 Å². The summed E-state index contributed by atoms with van der Waals surface area (Å²) in [6, 6.07) is 4.28. The van der Waals surface area contributed by atoms with E-state index in [1.807, 2.05) is 0 Å². The molecular weight excluding hydrogens is 339 g/mol. The van der Waals surface area contributed by atoms with E-state index in [0.717, 1.165) is 33.3 Å². The summed E-state index contributed by atoms with van der Waals surface area (Å²) in [5, 5.41) is 0. The molecule has 0 spiro atoms. The maximum Gasteiger partial charge on any atom is 0.495 e. The van der Waals surface area contributed by atoms with E-state index < -0.39 is 0 Å². The van der Waals surface area contributed by atoms with Gasteiger partial charge in [-0.1, -0.05) is 0 Å². The highest BCUT2D eigenvalue weighted by atomic mass is 16.7. The molecule has 5 nitrogen and oxygen atoms in total. The number of hydrogen-bond acceptors (Lipinski definition) is 3. The molecule has 1 heterocycles. The second kappa shape index (κ2) is 7.07. The van der Waals surface area contributed by atoms with Crippen molar-refractivity contribution < 1.29 is 23.0 Å². The average molecular weight is 378 g/mol. The molecule has 152 valence electrons. The van der Waals surface area contributed by atoms with Gasteiger partial charge in [0.15, 0.2) is 0 Å². The molecule has 0 amide bonds. The minimum atomic E-state index is -0.371. The second-order valence-corrected chi connectivity index (χ2v) is 10.8. The van der Waals surface area contributed by atoms with E-state index in [0.29, 0.717) is 0 Å². The second-order valence-electron chi connectivity index (χ2n) is 10.8. The predicted molar refractivity (Wildman–Crippen MR) is 112 cm³/mol. The summed E-state index contributed by atoms with van der Waals surface area (Å²) in [4.78, 5) is 0. The van der Waals surface area contributed by atoms with E-state index in [4.69, 9.17) is 14.0 Å². The number of rotatable bonds is 6. The zero-order chi connectivity index (χ0) is 20.8. The molecule has 0 bridgehead atoms. The standard InChI is InChI=1S/C21H39BN2O3/c1-20(2)21(3,4)27-22(26-20)19-16(14-23(5,6)7)12-18(25-11)13-17(19)15-24(8,9)10/h12-13H,14-15H2,1-11H3/q+2. The molecule has 0 radical (unpaired) electrons. The topological polar surface area (TPSA) is 27.7 Å². The Morgan fingerprint density at radius 2 is 1.19 bits per heavy atom. The van der Waals surface area contributed by atoms with Crippen LogP contribution in [0.2, 0.25) is 0 Å². The molecule has 1 aromatic rings. The van der Waals surface area contributed by atoms with E-state index in [-0.39, 0.29) is 18.3 Å². The highest BCUT2D eigenvalue weighted by Gasteiger charge is 2.53. The van der Waals surface area contributed by atoms with Crippen molar-refractivity contribution in [2.75, 3.05) is 49.4 Å². The van der Waals surface area contributed by atoms with Crippen LogP contribution in [-0.4, -0.2) is 76.7 Å². The number of benzene rings is 1. The molecule has 2 rings (SSSR count). The Morgan fingerprint density at radius 1 is 0.815 bits per heavy atom. The van der Waals surface area contributed by atoms with Gasteiger partial charge in [-0.3, -0.25) is 0 Å². The predicted octanol–water partition coefficient (Wildman–Crippen LogP) is 2.41. The Balaban J connectivity index is 2.64. The van der Waals surface area contributed by atoms with E-state index in [1.165, 1.54) is 11.1 Å². The van der Waals surface area contributed by atoms with Gasteiger partial charge in [-0.15, -0.1) is 0 Å². The molecule has 1 fully saturated rings. The highest BCUT2D eigenvalue weighted by Crippen LogP contribution is 2.37. The van der Waals surface area contributed by atoms with Crippen LogP contribution in [0.3, 0.4) is 0 Å². The van der Waals surface area contributed by atoms with Gasteiger partial charge in [0, 0.05) is 16.6 Å². The summed E-state index contributed by atoms with van der Waals surface area (Å²) in [6.45, 7) is 10.2. The maximum atomic E-state index is 6.46. The Kier molecular flexibility index (Phi) is 5.82. The zero-order valence-electron chi connectivity index (χ0n) is 19.3. The molecule has 0 unspecified atom stereocenters. The van der Waals surface area contributed by atoms with Gasteiger partial charge < -0.3 is 23.0 Å². The average Bonchev–Trinajstić information content (AvgIpc) is 2.62. The van der Waals surface area contributed by atoms with Gasteiger partial charge in [-0.2, -0.15) is 0 Å². The largest absolute Gasteiger partial charge is 0.497 e. The maximum absolute atomic E-state index is 6.46. The first-order valence-corrected chi connectivity index (χ1v) is 9.71. The zero-order valence-corrected chi connectivity index (χ0v) is 19.3. The summed E-state index contributed by atoms with van der Waals surface area (Å²) in [5.41, 5.74) is 2.89. The quantitative estimate of drug-likeness (QED) is 0.562. The molecule has 0 atom stereocenters. The molecule has 1 aliphatic heterocycles. The molecule has 0 aromatic heterocycles. The van der Waals surface area contributed by atoms with Crippen molar-refractivity contribution in [2.45, 2.75) is 52.0 Å². The van der Waals surface area contributed by atoms with Crippen LogP contribution in [0, 0.1) is 0 Å². The molecule has 27 heavy (non-hydrogen) atoms. The van der Waals surface area contributed by atoms with Gasteiger partial charge in [0.25, 0.3) is 0 Å². The number of hydrogen-bond donors (Lipinski definition) is 0. The summed E-state index contributed by atoms with van der Waals surface area (Å²) < 4.78 is 20.2. The number of quaternary nitrogens is 2. The van der Waals surface area contributed by atoms with Crippen LogP contribution in [-0.2, 0) is 22.4 Å². The Bertz CT molecular complexity index is 635. The monoisotopic (exact) mass is 378 g/mol. The van der Waals surface area contributed by atoms with E-state index in [2.05, 4.69) is 82.1 Å². The lowest BCUT2D eigenvalue weighted by molar-refractivity contribution is -0.884. The van der Waals surface area contributed by atoms with Crippen LogP contribution in [0.25, 0.3) is 0 Å². The fraction of sp³-hybridized carbons (Fsp3) is 0.714. The lowest BCUT2D eigenvalue weighted by atomic mass is 9.72. The fourth-order valence-corrected chi connectivity index (χ4v) is 3.41. The van der Waals surface area contributed by atoms with Gasteiger partial charge >= 0.3 is 7.12 Å². The third-order valence-corrected chi connectivity index (χ3v) is 5.34. The van der Waals surface area contributed by atoms with Crippen LogP contribution in [0.5, 0.6) is 5.75 Å². The van der Waals surface area contributed by atoms with E-state index in [1.54, 1.807) is 7.11 Å². The van der Waals surface area contributed by atoms with Crippen LogP contribution < -0.4 is 10.2 Å². The van der Waals surface area contributed by atoms with Gasteiger partial charge in [0.05, 0.1) is 60.6 Å². The SMILES string of the molecule is COc1cc(C[N+](C)(C)C)c(B2OC(C)(C)C(C)(C)O2)c(C[N+](C)(C)C)c1. The summed E-state index contributed by atoms with van der Waals surface area (Å²) in [5.74, 6) is 0.891. The normalized spacial score (nSPS) is 19.4. The van der Waals surface area contributed by atoms with Crippen molar-refractivity contribution in [3.8, 4) is 5.75 Å². The Hall–Kier alpha value is -1.08. The molecule has 6 heteroatoms. The van der Waals surface area contributed by atoms with Crippen LogP contribution >= 0.6 is 0 Å². The highest BCUT2D eigenvalue weighted by molar-refractivity contribution is 6.63. The van der Waals surface area contributed by atoms with Crippen molar-refractivity contribution in [2.24, 2.45) is 0 Å². The third kappa shape index (κ3) is 5.26. The third-order valence-electron chi connectivity index (χ3n) is 5.34. The first kappa shape index (κ1) is 22.2. The summed E-state index contributed by atoms with van der Waals surface area (Å²) in [6.07, 6.45) is 0. The van der Waals surface area contributed by atoms with E-state index in [9.17, 15) is 0 Å². The first-order valence-electron chi connectivity index (χ1n) is 9.71. The molecule has 1 aliphatic rings. The fourth-order valence-electron chi connectivity index (χ4n) is 3.41. The number of methoxy groups -OCH3 is 1. The molecule has 0 aliphatic carbocycles. The molecule has 0 saturated carbocycles. The minimum Gasteiger partial charge on any atom is -0.497 e. The molecular formula is C21H39BN2O3+2. The Morgan fingerprint density at radius 3 is 1.48 bits per heavy atom. The number of nitrogens with zero attached hydrogens (tertiary/aromatic N) is 2. The van der Waals surface area contributed by atoms with Crippen molar-refractivity contribution in [3.63, 3.8) is 0 Å². The molecule has 1 aromatic carbocycles. The lowest BCUT2D eigenvalue weighted by Crippen LogP contribution is -2.45. The van der Waals surface area contributed by atoms with Gasteiger partial charge in [0.1, 0.15) is 18.8 Å². The van der Waals surface area contributed by atoms with Gasteiger partial charge in [0.2, 0.25) is 0 Å². The molecule has 0 N–H and O–H groups in total. The van der Waals surface area contributed by atoms with Gasteiger partial charge in [-0.05, 0) is 39.8 Å². The van der Waals surface area contributed by atoms with Crippen LogP contribution in [0.1, 0.15) is 38.8 Å². The van der Waals surface area contributed by atoms with Crippen molar-refractivity contribution >= 4 is 12.6 Å². The Labute approximate surface area is 166 Å². The van der Waals surface area contributed by atoms with E-state index >= 15 is 0 Å². The van der Waals surface area contributed by atoms with Crippen LogP contribution in [0.4, 0.5) is 0 Å². The summed E-state index contributed by atoms with van der Waals surface area (Å²) >= 11 is 0. The summed E-state index contributed by atoms with van der Waals surface area (Å²) in [7, 11) is 14.6. The lowest BCUT2D eigenvalue weighted by Gasteiger charge is -2.32. The number of ether oxygens (including phenoxy) is 1.